The predicted molar refractivity (Wildman–Crippen MR) is 81.5 cm³/mol. The number of carbonyl (C=O) groups excluding carboxylic acids is 1. The van der Waals surface area contributed by atoms with E-state index in [2.05, 4.69) is 15.9 Å². The van der Waals surface area contributed by atoms with Crippen molar-refractivity contribution < 1.29 is 9.53 Å². The van der Waals surface area contributed by atoms with E-state index in [1.165, 1.54) is 0 Å². The van der Waals surface area contributed by atoms with Crippen LogP contribution in [-0.4, -0.2) is 17.3 Å². The highest BCUT2D eigenvalue weighted by atomic mass is 79.9. The number of hydrogen-bond acceptors (Lipinski definition) is 2. The fraction of sp³-hybridized carbons (Fsp3) is 0.0625. The van der Waals surface area contributed by atoms with Gasteiger partial charge in [-0.25, -0.2) is 0 Å². The van der Waals surface area contributed by atoms with Crippen molar-refractivity contribution in [2.45, 2.75) is 0 Å². The third kappa shape index (κ3) is 2.12. The maximum absolute atomic E-state index is 12.6. The number of ketones is 1. The van der Waals surface area contributed by atoms with Crippen molar-refractivity contribution >= 4 is 27.2 Å². The summed E-state index contributed by atoms with van der Waals surface area (Å²) in [6.45, 7) is 0. The van der Waals surface area contributed by atoms with E-state index in [1.54, 1.807) is 31.4 Å². The third-order valence-corrected chi connectivity index (χ3v) is 3.85. The van der Waals surface area contributed by atoms with Crippen LogP contribution in [0.1, 0.15) is 16.1 Å². The van der Waals surface area contributed by atoms with E-state index in [9.17, 15) is 4.79 Å². The molecule has 2 aromatic heterocycles. The molecule has 0 spiro atoms. The highest BCUT2D eigenvalue weighted by Gasteiger charge is 2.15. The van der Waals surface area contributed by atoms with E-state index >= 15 is 0 Å². The zero-order valence-corrected chi connectivity index (χ0v) is 12.4. The molecule has 0 aliphatic carbocycles. The van der Waals surface area contributed by atoms with Crippen LogP contribution >= 0.6 is 15.9 Å². The second-order valence-corrected chi connectivity index (χ2v) is 5.25. The number of benzene rings is 1. The topological polar surface area (TPSA) is 30.7 Å². The van der Waals surface area contributed by atoms with Crippen LogP contribution in [0.15, 0.2) is 59.2 Å². The van der Waals surface area contributed by atoms with Crippen LogP contribution in [0.3, 0.4) is 0 Å². The molecular formula is C16H12BrNO2. The predicted octanol–water partition coefficient (Wildman–Crippen LogP) is 3.94. The second-order valence-electron chi connectivity index (χ2n) is 4.39. The Morgan fingerprint density at radius 2 is 1.90 bits per heavy atom. The minimum atomic E-state index is -0.0143. The molecule has 100 valence electrons. The highest BCUT2D eigenvalue weighted by Crippen LogP contribution is 2.24. The summed E-state index contributed by atoms with van der Waals surface area (Å²) < 4.78 is 7.90. The first-order chi connectivity index (χ1) is 9.70. The molecule has 0 unspecified atom stereocenters. The van der Waals surface area contributed by atoms with Crippen molar-refractivity contribution in [2.75, 3.05) is 7.11 Å². The first kappa shape index (κ1) is 12.9. The summed E-state index contributed by atoms with van der Waals surface area (Å²) in [5.41, 5.74) is 2.25. The number of nitrogens with zero attached hydrogens (tertiary/aromatic N) is 1. The third-order valence-electron chi connectivity index (χ3n) is 3.21. The zero-order chi connectivity index (χ0) is 14.1. The molecule has 3 nitrogen and oxygen atoms in total. The molecule has 3 aromatic rings. The Kier molecular flexibility index (Phi) is 3.32. The molecule has 1 aromatic carbocycles. The van der Waals surface area contributed by atoms with Gasteiger partial charge in [-0.1, -0.05) is 6.07 Å². The van der Waals surface area contributed by atoms with E-state index in [1.807, 2.05) is 34.9 Å². The minimum absolute atomic E-state index is 0.0143. The molecule has 0 atom stereocenters. The molecule has 0 aliphatic rings. The Bertz CT molecular complexity index is 775. The lowest BCUT2D eigenvalue weighted by molar-refractivity contribution is 0.103. The number of methoxy groups -OCH3 is 1. The summed E-state index contributed by atoms with van der Waals surface area (Å²) in [5.74, 6) is 0.724. The number of ether oxygens (including phenoxy) is 1. The van der Waals surface area contributed by atoms with Crippen LogP contribution in [0.4, 0.5) is 0 Å². The van der Waals surface area contributed by atoms with Crippen molar-refractivity contribution in [1.29, 1.82) is 0 Å². The Hall–Kier alpha value is -2.07. The Balaban J connectivity index is 2.08. The lowest BCUT2D eigenvalue weighted by Crippen LogP contribution is -2.04. The monoisotopic (exact) mass is 329 g/mol. The van der Waals surface area contributed by atoms with Crippen molar-refractivity contribution in [3.63, 3.8) is 0 Å². The summed E-state index contributed by atoms with van der Waals surface area (Å²) in [6, 6.07) is 14.8. The number of fused-ring (bicyclic) bond motifs is 1. The maximum atomic E-state index is 12.6. The molecule has 0 saturated heterocycles. The summed E-state index contributed by atoms with van der Waals surface area (Å²) in [5, 5.41) is 0. The van der Waals surface area contributed by atoms with Gasteiger partial charge in [0.15, 0.2) is 0 Å². The van der Waals surface area contributed by atoms with E-state index in [0.29, 0.717) is 11.3 Å². The lowest BCUT2D eigenvalue weighted by atomic mass is 10.1. The quantitative estimate of drug-likeness (QED) is 0.681. The van der Waals surface area contributed by atoms with E-state index in [-0.39, 0.29) is 5.78 Å². The van der Waals surface area contributed by atoms with Gasteiger partial charge in [0.05, 0.1) is 18.3 Å². The van der Waals surface area contributed by atoms with E-state index < -0.39 is 0 Å². The van der Waals surface area contributed by atoms with Gasteiger partial charge in [0, 0.05) is 16.2 Å². The highest BCUT2D eigenvalue weighted by molar-refractivity contribution is 9.10. The van der Waals surface area contributed by atoms with Crippen LogP contribution in [0.2, 0.25) is 0 Å². The van der Waals surface area contributed by atoms with Gasteiger partial charge < -0.3 is 9.14 Å². The number of hydrogen-bond donors (Lipinski definition) is 0. The molecule has 0 radical (unpaired) electrons. The molecule has 3 rings (SSSR count). The van der Waals surface area contributed by atoms with Crippen molar-refractivity contribution in [2.24, 2.45) is 0 Å². The van der Waals surface area contributed by atoms with Crippen molar-refractivity contribution in [3.05, 3.63) is 70.5 Å². The fourth-order valence-corrected chi connectivity index (χ4v) is 2.72. The van der Waals surface area contributed by atoms with Crippen LogP contribution in [-0.2, 0) is 0 Å². The first-order valence-corrected chi connectivity index (χ1v) is 6.94. The minimum Gasteiger partial charge on any atom is -0.497 e. The standard InChI is InChI=1S/C16H12BrNO2/c1-20-12-7-5-11(6-8-12)16(19)15-10-13(17)14-4-2-3-9-18(14)15/h2-10H,1H3. The number of halogens is 1. The molecule has 0 bridgehead atoms. The number of carbonyl (C=O) groups is 1. The van der Waals surface area contributed by atoms with Crippen LogP contribution < -0.4 is 4.74 Å². The van der Waals surface area contributed by atoms with Crippen molar-refractivity contribution in [3.8, 4) is 5.75 Å². The Morgan fingerprint density at radius 3 is 2.60 bits per heavy atom. The summed E-state index contributed by atoms with van der Waals surface area (Å²) in [6.07, 6.45) is 1.89. The fourth-order valence-electron chi connectivity index (χ4n) is 2.18. The molecule has 0 aliphatic heterocycles. The largest absolute Gasteiger partial charge is 0.497 e. The smallest absolute Gasteiger partial charge is 0.209 e. The Labute approximate surface area is 124 Å². The SMILES string of the molecule is COc1ccc(C(=O)c2cc(Br)c3ccccn23)cc1. The molecular weight excluding hydrogens is 318 g/mol. The van der Waals surface area contributed by atoms with Crippen LogP contribution in [0.5, 0.6) is 5.75 Å². The average molecular weight is 330 g/mol. The lowest BCUT2D eigenvalue weighted by Gasteiger charge is -2.04. The molecule has 0 fully saturated rings. The van der Waals surface area contributed by atoms with Crippen LogP contribution in [0.25, 0.3) is 5.52 Å². The Morgan fingerprint density at radius 1 is 1.15 bits per heavy atom. The maximum Gasteiger partial charge on any atom is 0.209 e. The van der Waals surface area contributed by atoms with E-state index in [4.69, 9.17) is 4.74 Å². The number of pyridine rings is 1. The molecule has 4 heteroatoms. The van der Waals surface area contributed by atoms with Gasteiger partial charge in [-0.2, -0.15) is 0 Å². The van der Waals surface area contributed by atoms with Crippen LogP contribution in [0, 0.1) is 0 Å². The molecule has 20 heavy (non-hydrogen) atoms. The average Bonchev–Trinajstić information content (AvgIpc) is 2.84. The molecule has 0 amide bonds. The number of aromatic nitrogens is 1. The van der Waals surface area contributed by atoms with E-state index in [0.717, 1.165) is 15.7 Å². The normalized spacial score (nSPS) is 10.7. The van der Waals surface area contributed by atoms with Gasteiger partial charge in [-0.3, -0.25) is 4.79 Å². The van der Waals surface area contributed by atoms with Gasteiger partial charge >= 0.3 is 0 Å². The van der Waals surface area contributed by atoms with Gasteiger partial charge in [0.2, 0.25) is 5.78 Å². The van der Waals surface area contributed by atoms with Gasteiger partial charge in [-0.15, -0.1) is 0 Å². The zero-order valence-electron chi connectivity index (χ0n) is 10.8. The molecule has 0 N–H and O–H groups in total. The summed E-state index contributed by atoms with van der Waals surface area (Å²) >= 11 is 3.49. The first-order valence-electron chi connectivity index (χ1n) is 6.15. The summed E-state index contributed by atoms with van der Waals surface area (Å²) in [7, 11) is 1.61. The molecule has 2 heterocycles. The van der Waals surface area contributed by atoms with Gasteiger partial charge in [0.25, 0.3) is 0 Å². The molecule has 0 saturated carbocycles. The van der Waals surface area contributed by atoms with Crippen molar-refractivity contribution in [1.82, 2.24) is 4.40 Å². The van der Waals surface area contributed by atoms with Gasteiger partial charge in [-0.05, 0) is 58.4 Å². The second kappa shape index (κ2) is 5.13. The summed E-state index contributed by atoms with van der Waals surface area (Å²) in [4.78, 5) is 12.6. The number of rotatable bonds is 3. The van der Waals surface area contributed by atoms with Gasteiger partial charge in [0.1, 0.15) is 5.75 Å².